The molecular weight excluding hydrogens is 286 g/mol. The van der Waals surface area contributed by atoms with E-state index in [0.29, 0.717) is 6.61 Å². The maximum absolute atomic E-state index is 11.4. The lowest BCUT2D eigenvalue weighted by atomic mass is 10.3. The monoisotopic (exact) mass is 295 g/mol. The van der Waals surface area contributed by atoms with Crippen LogP contribution in [0.25, 0.3) is 5.69 Å². The third-order valence-electron chi connectivity index (χ3n) is 2.04. The molecule has 1 aromatic heterocycles. The van der Waals surface area contributed by atoms with Gasteiger partial charge in [-0.05, 0) is 31.2 Å². The van der Waals surface area contributed by atoms with Crippen LogP contribution in [0.1, 0.15) is 17.5 Å². The van der Waals surface area contributed by atoms with Gasteiger partial charge in [0.2, 0.25) is 0 Å². The summed E-state index contributed by atoms with van der Waals surface area (Å²) in [4.78, 5) is 15.3. The normalized spacial score (nSPS) is 10.2. The first-order valence-corrected chi connectivity index (χ1v) is 5.84. The lowest BCUT2D eigenvalue weighted by Crippen LogP contribution is -2.07. The molecule has 5 nitrogen and oxygen atoms in total. The van der Waals surface area contributed by atoms with Crippen LogP contribution in [0.3, 0.4) is 0 Å². The minimum atomic E-state index is -0.511. The van der Waals surface area contributed by atoms with Crippen LogP contribution >= 0.6 is 15.9 Å². The molecule has 1 heterocycles. The van der Waals surface area contributed by atoms with Gasteiger partial charge in [0.1, 0.15) is 6.33 Å². The first-order chi connectivity index (χ1) is 8.20. The zero-order chi connectivity index (χ0) is 12.3. The lowest BCUT2D eigenvalue weighted by Gasteiger charge is -1.99. The Labute approximate surface area is 107 Å². The molecule has 2 aromatic rings. The predicted octanol–water partition coefficient (Wildman–Crippen LogP) is 2.21. The van der Waals surface area contributed by atoms with Gasteiger partial charge in [0, 0.05) is 4.47 Å². The van der Waals surface area contributed by atoms with Crippen LogP contribution in [0.2, 0.25) is 0 Å². The van der Waals surface area contributed by atoms with Crippen molar-refractivity contribution in [2.24, 2.45) is 0 Å². The molecule has 0 atom stereocenters. The number of halogens is 1. The Morgan fingerprint density at radius 1 is 1.41 bits per heavy atom. The number of nitrogens with zero attached hydrogens (tertiary/aromatic N) is 3. The number of hydrogen-bond acceptors (Lipinski definition) is 4. The molecule has 0 fully saturated rings. The molecule has 0 bridgehead atoms. The molecule has 6 heteroatoms. The molecule has 0 spiro atoms. The van der Waals surface area contributed by atoms with Gasteiger partial charge in [0.25, 0.3) is 5.82 Å². The third kappa shape index (κ3) is 2.71. The van der Waals surface area contributed by atoms with E-state index in [4.69, 9.17) is 4.74 Å². The molecule has 0 aliphatic carbocycles. The van der Waals surface area contributed by atoms with E-state index in [0.717, 1.165) is 10.2 Å². The molecule has 88 valence electrons. The van der Waals surface area contributed by atoms with Crippen molar-refractivity contribution in [3.8, 4) is 5.69 Å². The van der Waals surface area contributed by atoms with E-state index in [9.17, 15) is 4.79 Å². The fourth-order valence-electron chi connectivity index (χ4n) is 1.27. The second kappa shape index (κ2) is 5.09. The van der Waals surface area contributed by atoms with Gasteiger partial charge in [0.15, 0.2) is 0 Å². The van der Waals surface area contributed by atoms with Gasteiger partial charge in [-0.3, -0.25) is 0 Å². The van der Waals surface area contributed by atoms with Crippen molar-refractivity contribution in [3.05, 3.63) is 40.9 Å². The van der Waals surface area contributed by atoms with Crippen molar-refractivity contribution >= 4 is 21.9 Å². The first-order valence-electron chi connectivity index (χ1n) is 5.05. The zero-order valence-electron chi connectivity index (χ0n) is 9.13. The summed E-state index contributed by atoms with van der Waals surface area (Å²) < 4.78 is 7.32. The number of carbonyl (C=O) groups excluding carboxylic acids is 1. The van der Waals surface area contributed by atoms with Gasteiger partial charge in [-0.1, -0.05) is 15.9 Å². The molecule has 0 amide bonds. The van der Waals surface area contributed by atoms with Crippen LogP contribution in [0, 0.1) is 0 Å². The van der Waals surface area contributed by atoms with Gasteiger partial charge in [-0.15, -0.1) is 5.10 Å². The van der Waals surface area contributed by atoms with E-state index in [1.807, 2.05) is 24.3 Å². The first kappa shape index (κ1) is 11.8. The second-order valence-corrected chi connectivity index (χ2v) is 4.13. The minimum Gasteiger partial charge on any atom is -0.460 e. The molecule has 0 radical (unpaired) electrons. The summed E-state index contributed by atoms with van der Waals surface area (Å²) in [6.07, 6.45) is 1.48. The fourth-order valence-corrected chi connectivity index (χ4v) is 1.53. The Morgan fingerprint density at radius 2 is 2.12 bits per heavy atom. The molecule has 0 N–H and O–H groups in total. The highest BCUT2D eigenvalue weighted by molar-refractivity contribution is 9.10. The molecule has 0 aliphatic heterocycles. The quantitative estimate of drug-likeness (QED) is 0.815. The van der Waals surface area contributed by atoms with E-state index >= 15 is 0 Å². The third-order valence-corrected chi connectivity index (χ3v) is 2.57. The molecule has 2 rings (SSSR count). The second-order valence-electron chi connectivity index (χ2n) is 3.21. The van der Waals surface area contributed by atoms with E-state index < -0.39 is 5.97 Å². The summed E-state index contributed by atoms with van der Waals surface area (Å²) in [5.41, 5.74) is 0.830. The highest BCUT2D eigenvalue weighted by atomic mass is 79.9. The molecule has 0 aliphatic rings. The standard InChI is InChI=1S/C11H10BrN3O2/c1-2-17-11(16)10-13-7-15(14-10)9-5-3-8(12)4-6-9/h3-7H,2H2,1H3. The average molecular weight is 296 g/mol. The van der Waals surface area contributed by atoms with Crippen LogP contribution < -0.4 is 0 Å². The summed E-state index contributed by atoms with van der Waals surface area (Å²) in [5, 5.41) is 4.04. The van der Waals surface area contributed by atoms with Crippen molar-refractivity contribution in [2.45, 2.75) is 6.92 Å². The van der Waals surface area contributed by atoms with Gasteiger partial charge in [0.05, 0.1) is 12.3 Å². The van der Waals surface area contributed by atoms with Crippen molar-refractivity contribution < 1.29 is 9.53 Å². The average Bonchev–Trinajstić information content (AvgIpc) is 2.80. The smallest absolute Gasteiger partial charge is 0.378 e. The van der Waals surface area contributed by atoms with Crippen LogP contribution in [0.15, 0.2) is 35.1 Å². The van der Waals surface area contributed by atoms with E-state index in [-0.39, 0.29) is 5.82 Å². The number of hydrogen-bond donors (Lipinski definition) is 0. The Balaban J connectivity index is 2.23. The summed E-state index contributed by atoms with van der Waals surface area (Å²) in [7, 11) is 0. The van der Waals surface area contributed by atoms with Crippen molar-refractivity contribution in [2.75, 3.05) is 6.61 Å². The van der Waals surface area contributed by atoms with Crippen LogP contribution in [-0.4, -0.2) is 27.3 Å². The van der Waals surface area contributed by atoms with Crippen molar-refractivity contribution in [1.29, 1.82) is 0 Å². The zero-order valence-corrected chi connectivity index (χ0v) is 10.7. The van der Waals surface area contributed by atoms with E-state index in [1.165, 1.54) is 11.0 Å². The molecule has 0 saturated heterocycles. The van der Waals surface area contributed by atoms with Crippen molar-refractivity contribution in [3.63, 3.8) is 0 Å². The SMILES string of the molecule is CCOC(=O)c1ncn(-c2ccc(Br)cc2)n1. The summed E-state index contributed by atoms with van der Waals surface area (Å²) >= 11 is 3.35. The van der Waals surface area contributed by atoms with Gasteiger partial charge >= 0.3 is 5.97 Å². The summed E-state index contributed by atoms with van der Waals surface area (Å²) in [5.74, 6) is -0.446. The van der Waals surface area contributed by atoms with E-state index in [2.05, 4.69) is 26.0 Å². The fraction of sp³-hybridized carbons (Fsp3) is 0.182. The number of rotatable bonds is 3. The summed E-state index contributed by atoms with van der Waals surface area (Å²) in [6.45, 7) is 2.05. The number of carbonyl (C=O) groups is 1. The Hall–Kier alpha value is -1.69. The highest BCUT2D eigenvalue weighted by Crippen LogP contribution is 2.13. The van der Waals surface area contributed by atoms with E-state index in [1.54, 1.807) is 6.92 Å². The Kier molecular flexibility index (Phi) is 3.53. The molecule has 0 unspecified atom stereocenters. The topological polar surface area (TPSA) is 57.0 Å². The molecule has 0 saturated carbocycles. The molecule has 1 aromatic carbocycles. The number of benzene rings is 1. The maximum Gasteiger partial charge on any atom is 0.378 e. The Bertz CT molecular complexity index is 522. The van der Waals surface area contributed by atoms with Crippen LogP contribution in [0.5, 0.6) is 0 Å². The van der Waals surface area contributed by atoms with Gasteiger partial charge < -0.3 is 4.74 Å². The van der Waals surface area contributed by atoms with Crippen LogP contribution in [0.4, 0.5) is 0 Å². The minimum absolute atomic E-state index is 0.0646. The highest BCUT2D eigenvalue weighted by Gasteiger charge is 2.12. The van der Waals surface area contributed by atoms with Gasteiger partial charge in [-0.2, -0.15) is 0 Å². The maximum atomic E-state index is 11.4. The number of aromatic nitrogens is 3. The number of ether oxygens (including phenoxy) is 1. The molecular formula is C11H10BrN3O2. The lowest BCUT2D eigenvalue weighted by molar-refractivity contribution is 0.0512. The predicted molar refractivity (Wildman–Crippen MR) is 65.0 cm³/mol. The van der Waals surface area contributed by atoms with Crippen molar-refractivity contribution in [1.82, 2.24) is 14.8 Å². The summed E-state index contributed by atoms with van der Waals surface area (Å²) in [6, 6.07) is 7.52. The largest absolute Gasteiger partial charge is 0.460 e. The van der Waals surface area contributed by atoms with Gasteiger partial charge in [-0.25, -0.2) is 14.5 Å². The molecule has 17 heavy (non-hydrogen) atoms. The van der Waals surface area contributed by atoms with Crippen LogP contribution in [-0.2, 0) is 4.74 Å². The number of esters is 1. The Morgan fingerprint density at radius 3 is 2.76 bits per heavy atom.